The molecule has 2 aliphatic rings. The first kappa shape index (κ1) is 20.7. The molecule has 1 atom stereocenters. The number of likely N-dealkylation sites (tertiary alicyclic amines) is 2. The lowest BCUT2D eigenvalue weighted by Gasteiger charge is -2.36. The first-order valence-electron chi connectivity index (χ1n) is 11.7. The number of nitrogens with zero attached hydrogens (tertiary/aromatic N) is 5. The zero-order valence-corrected chi connectivity index (χ0v) is 18.4. The van der Waals surface area contributed by atoms with Crippen LogP contribution < -0.4 is 0 Å². The highest BCUT2D eigenvalue weighted by atomic mass is 16.2. The summed E-state index contributed by atoms with van der Waals surface area (Å²) < 4.78 is 1.75. The molecule has 8 nitrogen and oxygen atoms in total. The Morgan fingerprint density at radius 3 is 2.75 bits per heavy atom. The van der Waals surface area contributed by atoms with Crippen molar-refractivity contribution < 1.29 is 9.59 Å². The summed E-state index contributed by atoms with van der Waals surface area (Å²) in [7, 11) is 0. The van der Waals surface area contributed by atoms with E-state index in [2.05, 4.69) is 26.3 Å². The van der Waals surface area contributed by atoms with Crippen molar-refractivity contribution in [3.63, 3.8) is 0 Å². The lowest BCUT2D eigenvalue weighted by Crippen LogP contribution is -2.44. The van der Waals surface area contributed by atoms with Crippen molar-refractivity contribution in [3.05, 3.63) is 47.9 Å². The third-order valence-electron chi connectivity index (χ3n) is 6.81. The molecule has 5 rings (SSSR count). The average Bonchev–Trinajstić information content (AvgIpc) is 3.59. The van der Waals surface area contributed by atoms with Gasteiger partial charge in [-0.15, -0.1) is 5.10 Å². The smallest absolute Gasteiger partial charge is 0.276 e. The predicted molar refractivity (Wildman–Crippen MR) is 121 cm³/mol. The summed E-state index contributed by atoms with van der Waals surface area (Å²) in [5.41, 5.74) is 2.54. The van der Waals surface area contributed by atoms with Gasteiger partial charge in [0.25, 0.3) is 5.91 Å². The molecular weight excluding hydrogens is 404 g/mol. The fraction of sp³-hybridized carbons (Fsp3) is 0.500. The summed E-state index contributed by atoms with van der Waals surface area (Å²) in [5.74, 6) is 0.157. The number of hydrogen-bond acceptors (Lipinski definition) is 4. The molecule has 168 valence electrons. The van der Waals surface area contributed by atoms with Crippen LogP contribution in [0, 0.1) is 0 Å². The number of aromatic nitrogens is 4. The molecule has 2 amide bonds. The van der Waals surface area contributed by atoms with Crippen LogP contribution in [0.1, 0.15) is 54.6 Å². The number of para-hydroxylation sites is 1. The summed E-state index contributed by atoms with van der Waals surface area (Å²) in [6.07, 6.45) is 10.3. The van der Waals surface area contributed by atoms with Gasteiger partial charge in [0.15, 0.2) is 5.69 Å². The Labute approximate surface area is 187 Å². The molecule has 0 aliphatic carbocycles. The van der Waals surface area contributed by atoms with E-state index in [0.29, 0.717) is 18.7 Å². The van der Waals surface area contributed by atoms with E-state index < -0.39 is 0 Å². The van der Waals surface area contributed by atoms with Crippen LogP contribution in [0.25, 0.3) is 10.9 Å². The van der Waals surface area contributed by atoms with Gasteiger partial charge in [-0.2, -0.15) is 0 Å². The van der Waals surface area contributed by atoms with Crippen molar-refractivity contribution in [1.29, 1.82) is 0 Å². The van der Waals surface area contributed by atoms with E-state index >= 15 is 0 Å². The van der Waals surface area contributed by atoms with Crippen LogP contribution in [0.4, 0.5) is 0 Å². The van der Waals surface area contributed by atoms with E-state index in [4.69, 9.17) is 0 Å². The fourth-order valence-corrected chi connectivity index (χ4v) is 5.04. The second kappa shape index (κ2) is 9.14. The highest BCUT2D eigenvalue weighted by molar-refractivity contribution is 5.92. The highest BCUT2D eigenvalue weighted by Gasteiger charge is 2.27. The van der Waals surface area contributed by atoms with Gasteiger partial charge in [0, 0.05) is 49.3 Å². The van der Waals surface area contributed by atoms with Crippen LogP contribution >= 0.6 is 0 Å². The topological polar surface area (TPSA) is 87.1 Å². The van der Waals surface area contributed by atoms with Gasteiger partial charge in [0.2, 0.25) is 5.91 Å². The molecule has 0 spiro atoms. The van der Waals surface area contributed by atoms with E-state index in [1.165, 1.54) is 0 Å². The number of fused-ring (bicyclic) bond motifs is 1. The second-order valence-corrected chi connectivity index (χ2v) is 8.93. The summed E-state index contributed by atoms with van der Waals surface area (Å²) in [4.78, 5) is 32.9. The first-order valence-corrected chi connectivity index (χ1v) is 11.7. The van der Waals surface area contributed by atoms with Crippen LogP contribution in [0.5, 0.6) is 0 Å². The number of benzene rings is 1. The number of rotatable bonds is 6. The number of aryl methyl sites for hydroxylation is 1. The van der Waals surface area contributed by atoms with Crippen LogP contribution in [0.3, 0.4) is 0 Å². The molecule has 0 bridgehead atoms. The monoisotopic (exact) mass is 434 g/mol. The van der Waals surface area contributed by atoms with Gasteiger partial charge in [-0.3, -0.25) is 14.3 Å². The third-order valence-corrected chi connectivity index (χ3v) is 6.81. The average molecular weight is 435 g/mol. The van der Waals surface area contributed by atoms with E-state index in [0.717, 1.165) is 74.6 Å². The maximum absolute atomic E-state index is 13.2. The quantitative estimate of drug-likeness (QED) is 0.646. The molecule has 8 heteroatoms. The van der Waals surface area contributed by atoms with Gasteiger partial charge < -0.3 is 14.8 Å². The molecule has 2 fully saturated rings. The Hall–Kier alpha value is -3.16. The number of piperidine rings is 1. The van der Waals surface area contributed by atoms with Crippen molar-refractivity contribution in [2.75, 3.05) is 19.6 Å². The Balaban J connectivity index is 1.21. The van der Waals surface area contributed by atoms with Gasteiger partial charge in [0.05, 0.1) is 12.6 Å². The third kappa shape index (κ3) is 4.26. The molecule has 0 saturated carbocycles. The molecule has 2 saturated heterocycles. The summed E-state index contributed by atoms with van der Waals surface area (Å²) in [6.45, 7) is 3.08. The first-order chi connectivity index (χ1) is 15.7. The summed E-state index contributed by atoms with van der Waals surface area (Å²) in [6, 6.07) is 8.30. The summed E-state index contributed by atoms with van der Waals surface area (Å²) in [5, 5.41) is 9.38. The molecule has 0 radical (unpaired) electrons. The number of carbonyl (C=O) groups excluding carboxylic acids is 2. The Morgan fingerprint density at radius 2 is 1.88 bits per heavy atom. The maximum atomic E-state index is 13.2. The lowest BCUT2D eigenvalue weighted by atomic mass is 9.98. The predicted octanol–water partition coefficient (Wildman–Crippen LogP) is 3.01. The molecule has 1 aromatic carbocycles. The normalized spacial score (nSPS) is 19.1. The van der Waals surface area contributed by atoms with Gasteiger partial charge in [0.1, 0.15) is 0 Å². The van der Waals surface area contributed by atoms with E-state index in [9.17, 15) is 9.59 Å². The van der Waals surface area contributed by atoms with Crippen molar-refractivity contribution in [2.24, 2.45) is 0 Å². The molecule has 32 heavy (non-hydrogen) atoms. The molecule has 2 aromatic heterocycles. The van der Waals surface area contributed by atoms with Gasteiger partial charge in [-0.25, -0.2) is 0 Å². The van der Waals surface area contributed by atoms with E-state index in [1.54, 1.807) is 10.9 Å². The number of H-pyrrole nitrogens is 1. The van der Waals surface area contributed by atoms with E-state index in [-0.39, 0.29) is 17.9 Å². The molecular formula is C24H30N6O2. The molecule has 1 unspecified atom stereocenters. The number of hydrogen-bond donors (Lipinski definition) is 1. The molecule has 1 N–H and O–H groups in total. The minimum Gasteiger partial charge on any atom is -0.361 e. The van der Waals surface area contributed by atoms with E-state index in [1.807, 2.05) is 29.3 Å². The summed E-state index contributed by atoms with van der Waals surface area (Å²) >= 11 is 0. The minimum absolute atomic E-state index is 0.0260. The second-order valence-electron chi connectivity index (χ2n) is 8.93. The maximum Gasteiger partial charge on any atom is 0.276 e. The highest BCUT2D eigenvalue weighted by Crippen LogP contribution is 2.24. The number of aromatic amines is 1. The Morgan fingerprint density at radius 1 is 1.06 bits per heavy atom. The number of nitrogens with one attached hydrogen (secondary N) is 1. The molecule has 4 heterocycles. The lowest BCUT2D eigenvalue weighted by molar-refractivity contribution is -0.134. The standard InChI is InChI=1S/C24H30N6O2/c31-23(15-18-16-25-21-9-2-1-8-20(18)21)30-13-4-3-7-19(30)10-14-29-17-22(26-27-29)24(32)28-11-5-6-12-28/h1-2,8-9,16-17,19,25H,3-7,10-15H2. The Kier molecular flexibility index (Phi) is 5.92. The Bertz CT molecular complexity index is 1100. The number of amides is 2. The van der Waals surface area contributed by atoms with Crippen LogP contribution in [0.2, 0.25) is 0 Å². The van der Waals surface area contributed by atoms with Crippen molar-refractivity contribution in [1.82, 2.24) is 29.8 Å². The van der Waals surface area contributed by atoms with Crippen molar-refractivity contribution >= 4 is 22.7 Å². The SMILES string of the molecule is O=C(c1cn(CCC2CCCCN2C(=O)Cc2c[nH]c3ccccc23)nn1)N1CCCC1. The van der Waals surface area contributed by atoms with Gasteiger partial charge in [-0.1, -0.05) is 23.4 Å². The van der Waals surface area contributed by atoms with Crippen LogP contribution in [-0.4, -0.2) is 67.3 Å². The zero-order chi connectivity index (χ0) is 21.9. The fourth-order valence-electron chi connectivity index (χ4n) is 5.04. The van der Waals surface area contributed by atoms with Crippen LogP contribution in [0.15, 0.2) is 36.7 Å². The number of carbonyl (C=O) groups is 2. The van der Waals surface area contributed by atoms with Gasteiger partial charge >= 0.3 is 0 Å². The largest absolute Gasteiger partial charge is 0.361 e. The molecule has 3 aromatic rings. The van der Waals surface area contributed by atoms with Gasteiger partial charge in [-0.05, 0) is 50.2 Å². The van der Waals surface area contributed by atoms with Crippen molar-refractivity contribution in [2.45, 2.75) is 57.5 Å². The minimum atomic E-state index is -0.0260. The van der Waals surface area contributed by atoms with Crippen molar-refractivity contribution in [3.8, 4) is 0 Å². The molecule has 2 aliphatic heterocycles. The zero-order valence-electron chi connectivity index (χ0n) is 18.4. The van der Waals surface area contributed by atoms with Crippen LogP contribution in [-0.2, 0) is 17.8 Å².